The Labute approximate surface area is 163 Å². The van der Waals surface area contributed by atoms with Crippen molar-refractivity contribution in [2.45, 2.75) is 12.8 Å². The number of nitrogens with one attached hydrogen (secondary N) is 2. The fourth-order valence-corrected chi connectivity index (χ4v) is 2.77. The van der Waals surface area contributed by atoms with Crippen molar-refractivity contribution in [2.24, 2.45) is 0 Å². The van der Waals surface area contributed by atoms with Crippen molar-refractivity contribution in [1.82, 2.24) is 10.9 Å². The first-order valence-corrected chi connectivity index (χ1v) is 8.94. The van der Waals surface area contributed by atoms with E-state index in [1.54, 1.807) is 24.3 Å². The van der Waals surface area contributed by atoms with Crippen LogP contribution >= 0.6 is 11.6 Å². The van der Waals surface area contributed by atoms with Crippen LogP contribution in [0.25, 0.3) is 11.1 Å². The summed E-state index contributed by atoms with van der Waals surface area (Å²) in [5.74, 6) is -0.558. The Morgan fingerprint density at radius 3 is 1.59 bits per heavy atom. The number of carbonyl (C=O) groups excluding carboxylic acids is 2. The third-order valence-electron chi connectivity index (χ3n) is 4.05. The number of carbonyl (C=O) groups is 2. The summed E-state index contributed by atoms with van der Waals surface area (Å²) in [5.41, 5.74) is 8.79. The Kier molecular flexibility index (Phi) is 6.23. The van der Waals surface area contributed by atoms with Gasteiger partial charge in [0.15, 0.2) is 0 Å². The molecule has 3 aromatic carbocycles. The molecule has 0 aliphatic heterocycles. The van der Waals surface area contributed by atoms with Gasteiger partial charge in [-0.15, -0.1) is 0 Å². The average molecular weight is 379 g/mol. The molecule has 0 radical (unpaired) electrons. The fourth-order valence-electron chi connectivity index (χ4n) is 2.65. The summed E-state index contributed by atoms with van der Waals surface area (Å²) >= 11 is 5.81. The van der Waals surface area contributed by atoms with Gasteiger partial charge in [-0.1, -0.05) is 78.3 Å². The highest BCUT2D eigenvalue weighted by Gasteiger charge is 2.07. The zero-order chi connectivity index (χ0) is 19.1. The van der Waals surface area contributed by atoms with Crippen LogP contribution in [0.5, 0.6) is 0 Å². The summed E-state index contributed by atoms with van der Waals surface area (Å²) in [6, 6.07) is 24.8. The molecule has 0 saturated heterocycles. The van der Waals surface area contributed by atoms with Gasteiger partial charge in [0.25, 0.3) is 0 Å². The number of rotatable bonds is 5. The second-order valence-corrected chi connectivity index (χ2v) is 6.58. The molecule has 0 aromatic heterocycles. The number of benzene rings is 3. The minimum Gasteiger partial charge on any atom is -0.273 e. The highest BCUT2D eigenvalue weighted by Crippen LogP contribution is 2.19. The molecule has 2 amide bonds. The molecule has 0 bridgehead atoms. The van der Waals surface area contributed by atoms with Gasteiger partial charge < -0.3 is 0 Å². The van der Waals surface area contributed by atoms with Gasteiger partial charge in [0, 0.05) is 5.02 Å². The molecular weight excluding hydrogens is 360 g/mol. The van der Waals surface area contributed by atoms with E-state index in [0.717, 1.165) is 22.3 Å². The molecule has 0 aliphatic rings. The number of halogens is 1. The minimum atomic E-state index is -0.287. The largest absolute Gasteiger partial charge is 0.273 e. The molecule has 3 aromatic rings. The van der Waals surface area contributed by atoms with Gasteiger partial charge in [0.2, 0.25) is 11.8 Å². The molecule has 0 fully saturated rings. The maximum atomic E-state index is 12.0. The van der Waals surface area contributed by atoms with Gasteiger partial charge >= 0.3 is 0 Å². The first-order chi connectivity index (χ1) is 13.1. The van der Waals surface area contributed by atoms with Crippen LogP contribution in [0.4, 0.5) is 0 Å². The lowest BCUT2D eigenvalue weighted by Crippen LogP contribution is -2.43. The predicted molar refractivity (Wildman–Crippen MR) is 107 cm³/mol. The lowest BCUT2D eigenvalue weighted by molar-refractivity contribution is -0.128. The van der Waals surface area contributed by atoms with Crippen LogP contribution in [0, 0.1) is 0 Å². The maximum absolute atomic E-state index is 12.0. The van der Waals surface area contributed by atoms with Crippen LogP contribution in [-0.2, 0) is 22.4 Å². The molecule has 0 unspecified atom stereocenters. The van der Waals surface area contributed by atoms with Gasteiger partial charge in [-0.25, -0.2) is 0 Å². The molecule has 136 valence electrons. The van der Waals surface area contributed by atoms with E-state index in [1.807, 2.05) is 54.6 Å². The van der Waals surface area contributed by atoms with Crippen molar-refractivity contribution in [3.05, 3.63) is 95.0 Å². The van der Waals surface area contributed by atoms with E-state index in [0.29, 0.717) is 5.02 Å². The molecular formula is C22H19ClN2O2. The number of hydrazine groups is 1. The molecule has 4 nitrogen and oxygen atoms in total. The van der Waals surface area contributed by atoms with E-state index in [4.69, 9.17) is 11.6 Å². The predicted octanol–water partition coefficient (Wildman–Crippen LogP) is 3.94. The summed E-state index contributed by atoms with van der Waals surface area (Å²) in [4.78, 5) is 23.9. The minimum absolute atomic E-state index is 0.170. The second kappa shape index (κ2) is 9.01. The van der Waals surface area contributed by atoms with Crippen molar-refractivity contribution in [3.8, 4) is 11.1 Å². The van der Waals surface area contributed by atoms with Gasteiger partial charge in [0.05, 0.1) is 12.8 Å². The van der Waals surface area contributed by atoms with E-state index in [-0.39, 0.29) is 24.7 Å². The van der Waals surface area contributed by atoms with Crippen LogP contribution < -0.4 is 10.9 Å². The first-order valence-electron chi connectivity index (χ1n) is 8.56. The highest BCUT2D eigenvalue weighted by molar-refractivity contribution is 6.30. The van der Waals surface area contributed by atoms with Crippen LogP contribution in [0.2, 0.25) is 5.02 Å². The van der Waals surface area contributed by atoms with Crippen LogP contribution in [0.1, 0.15) is 11.1 Å². The number of amides is 2. The Bertz CT molecular complexity index is 907. The Balaban J connectivity index is 1.47. The molecule has 2 N–H and O–H groups in total. The van der Waals surface area contributed by atoms with Gasteiger partial charge in [-0.3, -0.25) is 20.4 Å². The van der Waals surface area contributed by atoms with Crippen molar-refractivity contribution in [2.75, 3.05) is 0 Å². The number of hydrogen-bond donors (Lipinski definition) is 2. The Morgan fingerprint density at radius 1 is 0.630 bits per heavy atom. The molecule has 3 rings (SSSR count). The summed E-state index contributed by atoms with van der Waals surface area (Å²) in [6.07, 6.45) is 0.361. The van der Waals surface area contributed by atoms with Gasteiger partial charge in [-0.2, -0.15) is 0 Å². The molecule has 0 aliphatic carbocycles. The van der Waals surface area contributed by atoms with E-state index in [9.17, 15) is 9.59 Å². The third kappa shape index (κ3) is 5.69. The molecule has 0 spiro atoms. The quantitative estimate of drug-likeness (QED) is 0.661. The number of hydrogen-bond acceptors (Lipinski definition) is 2. The van der Waals surface area contributed by atoms with Crippen molar-refractivity contribution in [1.29, 1.82) is 0 Å². The van der Waals surface area contributed by atoms with Crippen molar-refractivity contribution < 1.29 is 9.59 Å². The van der Waals surface area contributed by atoms with Gasteiger partial charge in [-0.05, 0) is 34.4 Å². The first kappa shape index (κ1) is 18.7. The normalized spacial score (nSPS) is 10.3. The molecule has 0 heterocycles. The molecule has 27 heavy (non-hydrogen) atoms. The zero-order valence-corrected chi connectivity index (χ0v) is 15.4. The van der Waals surface area contributed by atoms with E-state index < -0.39 is 0 Å². The summed E-state index contributed by atoms with van der Waals surface area (Å²) in [5, 5.41) is 0.616. The standard InChI is InChI=1S/C22H19ClN2O2/c23-20-12-8-17(9-13-20)15-22(27)25-24-21(26)14-16-6-10-19(11-7-16)18-4-2-1-3-5-18/h1-13H,14-15H2,(H,24,26)(H,25,27). The van der Waals surface area contributed by atoms with Crippen molar-refractivity contribution in [3.63, 3.8) is 0 Å². The van der Waals surface area contributed by atoms with E-state index >= 15 is 0 Å². The monoisotopic (exact) mass is 378 g/mol. The smallest absolute Gasteiger partial charge is 0.242 e. The Morgan fingerprint density at radius 2 is 1.07 bits per heavy atom. The highest BCUT2D eigenvalue weighted by atomic mass is 35.5. The molecule has 5 heteroatoms. The van der Waals surface area contributed by atoms with Crippen LogP contribution in [0.15, 0.2) is 78.9 Å². The lowest BCUT2D eigenvalue weighted by Gasteiger charge is -2.08. The molecule has 0 atom stereocenters. The molecule has 0 saturated carbocycles. The van der Waals surface area contributed by atoms with Gasteiger partial charge in [0.1, 0.15) is 0 Å². The van der Waals surface area contributed by atoms with Crippen LogP contribution in [0.3, 0.4) is 0 Å². The average Bonchev–Trinajstić information content (AvgIpc) is 2.69. The fraction of sp³-hybridized carbons (Fsp3) is 0.0909. The topological polar surface area (TPSA) is 58.2 Å². The summed E-state index contributed by atoms with van der Waals surface area (Å²) in [6.45, 7) is 0. The maximum Gasteiger partial charge on any atom is 0.242 e. The van der Waals surface area contributed by atoms with E-state index in [2.05, 4.69) is 10.9 Å². The van der Waals surface area contributed by atoms with E-state index in [1.165, 1.54) is 0 Å². The van der Waals surface area contributed by atoms with Crippen LogP contribution in [-0.4, -0.2) is 11.8 Å². The summed E-state index contributed by atoms with van der Waals surface area (Å²) < 4.78 is 0. The Hall–Kier alpha value is -3.11. The summed E-state index contributed by atoms with van der Waals surface area (Å²) in [7, 11) is 0. The SMILES string of the molecule is O=C(Cc1ccc(Cl)cc1)NNC(=O)Cc1ccc(-c2ccccc2)cc1. The second-order valence-electron chi connectivity index (χ2n) is 6.14. The lowest BCUT2D eigenvalue weighted by atomic mass is 10.0. The zero-order valence-electron chi connectivity index (χ0n) is 14.6. The third-order valence-corrected chi connectivity index (χ3v) is 4.30. The van der Waals surface area contributed by atoms with Crippen molar-refractivity contribution >= 4 is 23.4 Å².